The van der Waals surface area contributed by atoms with Crippen molar-refractivity contribution in [3.05, 3.63) is 16.9 Å². The molecular formula is C11H20ClN3O2. The van der Waals surface area contributed by atoms with Crippen LogP contribution < -0.4 is 5.73 Å². The second-order valence-electron chi connectivity index (χ2n) is 4.09. The van der Waals surface area contributed by atoms with Crippen molar-refractivity contribution in [2.24, 2.45) is 5.73 Å². The zero-order valence-electron chi connectivity index (χ0n) is 10.5. The summed E-state index contributed by atoms with van der Waals surface area (Å²) >= 11 is 6.08. The first kappa shape index (κ1) is 14.4. The molecule has 1 rings (SSSR count). The fraction of sp³-hybridized carbons (Fsp3) is 0.727. The Kier molecular flexibility index (Phi) is 5.91. The molecule has 0 radical (unpaired) electrons. The maximum Gasteiger partial charge on any atom is 0.0835 e. The third-order valence-electron chi connectivity index (χ3n) is 2.36. The summed E-state index contributed by atoms with van der Waals surface area (Å²) in [5, 5.41) is 4.79. The van der Waals surface area contributed by atoms with Gasteiger partial charge in [-0.3, -0.25) is 4.68 Å². The summed E-state index contributed by atoms with van der Waals surface area (Å²) in [5.41, 5.74) is 6.87. The average Bonchev–Trinajstić information content (AvgIpc) is 2.66. The van der Waals surface area contributed by atoms with E-state index in [9.17, 15) is 0 Å². The lowest BCUT2D eigenvalue weighted by Gasteiger charge is -2.17. The molecule has 0 aliphatic rings. The third kappa shape index (κ3) is 3.96. The Morgan fingerprint density at radius 2 is 2.18 bits per heavy atom. The van der Waals surface area contributed by atoms with Crippen molar-refractivity contribution in [3.8, 4) is 0 Å². The van der Waals surface area contributed by atoms with Gasteiger partial charge < -0.3 is 15.2 Å². The van der Waals surface area contributed by atoms with Crippen LogP contribution in [0.2, 0.25) is 5.02 Å². The summed E-state index contributed by atoms with van der Waals surface area (Å²) in [5.74, 6) is 0. The summed E-state index contributed by atoms with van der Waals surface area (Å²) < 4.78 is 12.1. The van der Waals surface area contributed by atoms with Gasteiger partial charge in [-0.1, -0.05) is 11.6 Å². The summed E-state index contributed by atoms with van der Waals surface area (Å²) in [7, 11) is 1.63. The van der Waals surface area contributed by atoms with E-state index in [-0.39, 0.29) is 12.1 Å². The lowest BCUT2D eigenvalue weighted by molar-refractivity contribution is 0.0624. The molecule has 1 unspecified atom stereocenters. The fourth-order valence-corrected chi connectivity index (χ4v) is 1.81. The Balaban J connectivity index is 2.61. The van der Waals surface area contributed by atoms with Crippen molar-refractivity contribution in [2.45, 2.75) is 25.9 Å². The zero-order valence-corrected chi connectivity index (χ0v) is 11.3. The van der Waals surface area contributed by atoms with Gasteiger partial charge in [0.05, 0.1) is 42.8 Å². The normalized spacial score (nSPS) is 13.3. The molecule has 6 heteroatoms. The van der Waals surface area contributed by atoms with E-state index in [1.807, 2.05) is 18.5 Å². The zero-order chi connectivity index (χ0) is 12.8. The standard InChI is InChI=1S/C11H20ClN3O2/c1-8(2)15-11(9(12)6-14-15)10(13)7-17-5-4-16-3/h6,8,10H,4-5,7,13H2,1-3H3. The lowest BCUT2D eigenvalue weighted by Crippen LogP contribution is -2.23. The molecule has 0 spiro atoms. The van der Waals surface area contributed by atoms with E-state index >= 15 is 0 Å². The Bertz CT molecular complexity index is 341. The topological polar surface area (TPSA) is 62.3 Å². The number of nitrogens with zero attached hydrogens (tertiary/aromatic N) is 2. The second kappa shape index (κ2) is 6.96. The molecule has 1 aromatic heterocycles. The highest BCUT2D eigenvalue weighted by molar-refractivity contribution is 6.31. The van der Waals surface area contributed by atoms with Crippen LogP contribution in [0.5, 0.6) is 0 Å². The number of aromatic nitrogens is 2. The van der Waals surface area contributed by atoms with E-state index in [1.54, 1.807) is 13.3 Å². The van der Waals surface area contributed by atoms with E-state index in [0.717, 1.165) is 5.69 Å². The van der Waals surface area contributed by atoms with Crippen molar-refractivity contribution < 1.29 is 9.47 Å². The highest BCUT2D eigenvalue weighted by atomic mass is 35.5. The first-order chi connectivity index (χ1) is 8.07. The molecule has 17 heavy (non-hydrogen) atoms. The van der Waals surface area contributed by atoms with Gasteiger partial charge in [-0.15, -0.1) is 0 Å². The van der Waals surface area contributed by atoms with Gasteiger partial charge in [0.25, 0.3) is 0 Å². The largest absolute Gasteiger partial charge is 0.382 e. The smallest absolute Gasteiger partial charge is 0.0835 e. The summed E-state index contributed by atoms with van der Waals surface area (Å²) in [6, 6.07) is -0.0493. The molecule has 0 saturated carbocycles. The summed E-state index contributed by atoms with van der Waals surface area (Å²) in [6.45, 7) is 5.56. The monoisotopic (exact) mass is 261 g/mol. The van der Waals surface area contributed by atoms with Crippen LogP contribution in [0.4, 0.5) is 0 Å². The van der Waals surface area contributed by atoms with Crippen LogP contribution in [0.1, 0.15) is 31.6 Å². The van der Waals surface area contributed by atoms with Crippen LogP contribution in [-0.4, -0.2) is 36.7 Å². The predicted octanol–water partition coefficient (Wildman–Crippen LogP) is 1.78. The van der Waals surface area contributed by atoms with E-state index in [1.165, 1.54) is 0 Å². The Morgan fingerprint density at radius 1 is 1.47 bits per heavy atom. The molecule has 1 aromatic rings. The number of halogens is 1. The van der Waals surface area contributed by atoms with Gasteiger partial charge in [-0.2, -0.15) is 5.10 Å². The van der Waals surface area contributed by atoms with Crippen molar-refractivity contribution in [3.63, 3.8) is 0 Å². The predicted molar refractivity (Wildman–Crippen MR) is 67.2 cm³/mol. The number of methoxy groups -OCH3 is 1. The highest BCUT2D eigenvalue weighted by Gasteiger charge is 2.18. The molecule has 0 saturated heterocycles. The average molecular weight is 262 g/mol. The van der Waals surface area contributed by atoms with Crippen molar-refractivity contribution in [2.75, 3.05) is 26.9 Å². The van der Waals surface area contributed by atoms with Crippen LogP contribution in [0, 0.1) is 0 Å². The van der Waals surface area contributed by atoms with Crippen LogP contribution in [-0.2, 0) is 9.47 Å². The van der Waals surface area contributed by atoms with Gasteiger partial charge in [0.15, 0.2) is 0 Å². The third-order valence-corrected chi connectivity index (χ3v) is 2.65. The van der Waals surface area contributed by atoms with E-state index in [4.69, 9.17) is 26.8 Å². The van der Waals surface area contributed by atoms with E-state index < -0.39 is 0 Å². The molecule has 1 atom stereocenters. The number of hydrogen-bond acceptors (Lipinski definition) is 4. The second-order valence-corrected chi connectivity index (χ2v) is 4.50. The van der Waals surface area contributed by atoms with Crippen molar-refractivity contribution >= 4 is 11.6 Å². The van der Waals surface area contributed by atoms with E-state index in [2.05, 4.69) is 5.10 Å². The number of ether oxygens (including phenoxy) is 2. The highest BCUT2D eigenvalue weighted by Crippen LogP contribution is 2.24. The molecule has 5 nitrogen and oxygen atoms in total. The molecule has 98 valence electrons. The van der Waals surface area contributed by atoms with Gasteiger partial charge in [0.2, 0.25) is 0 Å². The van der Waals surface area contributed by atoms with Crippen molar-refractivity contribution in [1.29, 1.82) is 0 Å². The number of nitrogens with two attached hydrogens (primary N) is 1. The Morgan fingerprint density at radius 3 is 2.76 bits per heavy atom. The van der Waals surface area contributed by atoms with Crippen LogP contribution in [0.25, 0.3) is 0 Å². The first-order valence-electron chi connectivity index (χ1n) is 5.63. The molecule has 0 amide bonds. The van der Waals surface area contributed by atoms with Crippen molar-refractivity contribution in [1.82, 2.24) is 9.78 Å². The maximum absolute atomic E-state index is 6.08. The first-order valence-corrected chi connectivity index (χ1v) is 6.00. The van der Waals surface area contributed by atoms with Gasteiger partial charge in [-0.25, -0.2) is 0 Å². The SMILES string of the molecule is COCCOCC(N)c1c(Cl)cnn1C(C)C. The van der Waals surface area contributed by atoms with Gasteiger partial charge in [-0.05, 0) is 13.8 Å². The molecule has 0 bridgehead atoms. The minimum absolute atomic E-state index is 0.225. The molecular weight excluding hydrogens is 242 g/mol. The van der Waals surface area contributed by atoms with Crippen LogP contribution >= 0.6 is 11.6 Å². The fourth-order valence-electron chi connectivity index (χ4n) is 1.54. The molecule has 1 heterocycles. The molecule has 2 N–H and O–H groups in total. The summed E-state index contributed by atoms with van der Waals surface area (Å²) in [4.78, 5) is 0. The van der Waals surface area contributed by atoms with Crippen LogP contribution in [0.15, 0.2) is 6.20 Å². The van der Waals surface area contributed by atoms with Gasteiger partial charge in [0, 0.05) is 13.2 Å². The molecule has 0 aliphatic carbocycles. The van der Waals surface area contributed by atoms with Gasteiger partial charge >= 0.3 is 0 Å². The number of hydrogen-bond donors (Lipinski definition) is 1. The molecule has 0 aliphatic heterocycles. The Hall–Kier alpha value is -0.620. The lowest BCUT2D eigenvalue weighted by atomic mass is 10.2. The number of rotatable bonds is 7. The summed E-state index contributed by atoms with van der Waals surface area (Å²) in [6.07, 6.45) is 1.62. The maximum atomic E-state index is 6.08. The van der Waals surface area contributed by atoms with E-state index in [0.29, 0.717) is 24.8 Å². The van der Waals surface area contributed by atoms with Crippen LogP contribution in [0.3, 0.4) is 0 Å². The minimum Gasteiger partial charge on any atom is -0.382 e. The minimum atomic E-state index is -0.274. The van der Waals surface area contributed by atoms with Gasteiger partial charge in [0.1, 0.15) is 0 Å². The molecule has 0 aromatic carbocycles. The molecule has 0 fully saturated rings. The quantitative estimate of drug-likeness (QED) is 0.760. The Labute approximate surface area is 107 Å².